The van der Waals surface area contributed by atoms with Gasteiger partial charge in [0.05, 0.1) is 30.0 Å². The lowest BCUT2D eigenvalue weighted by molar-refractivity contribution is -0.137. The van der Waals surface area contributed by atoms with Gasteiger partial charge < -0.3 is 16.0 Å². The fourth-order valence-corrected chi connectivity index (χ4v) is 4.62. The predicted octanol–water partition coefficient (Wildman–Crippen LogP) is 4.56. The number of nitrogens with zero attached hydrogens (tertiary/aromatic N) is 2. The zero-order chi connectivity index (χ0) is 33.1. The molecule has 0 saturated carbocycles. The summed E-state index contributed by atoms with van der Waals surface area (Å²) in [6, 6.07) is 11.1. The van der Waals surface area contributed by atoms with Crippen molar-refractivity contribution in [1.82, 2.24) is 20.2 Å². The van der Waals surface area contributed by atoms with Gasteiger partial charge in [-0.05, 0) is 80.6 Å². The molecule has 2 amide bonds. The van der Waals surface area contributed by atoms with Crippen molar-refractivity contribution in [3.63, 3.8) is 0 Å². The van der Waals surface area contributed by atoms with E-state index in [-0.39, 0.29) is 28.2 Å². The van der Waals surface area contributed by atoms with E-state index < -0.39 is 53.3 Å². The van der Waals surface area contributed by atoms with Gasteiger partial charge in [0.1, 0.15) is 5.82 Å². The Morgan fingerprint density at radius 2 is 1.67 bits per heavy atom. The second kappa shape index (κ2) is 13.2. The number of nitrogens with one attached hydrogen (secondary N) is 3. The zero-order valence-electron chi connectivity index (χ0n) is 24.7. The number of ketones is 1. The van der Waals surface area contributed by atoms with Gasteiger partial charge in [0.15, 0.2) is 11.6 Å². The molecule has 0 fully saturated rings. The number of hydrogen-bond donors (Lipinski definition) is 3. The molecule has 1 aromatic heterocycles. The quantitative estimate of drug-likeness (QED) is 0.186. The van der Waals surface area contributed by atoms with Gasteiger partial charge in [0, 0.05) is 29.3 Å². The summed E-state index contributed by atoms with van der Waals surface area (Å²) in [5.41, 5.74) is -1.11. The van der Waals surface area contributed by atoms with E-state index in [2.05, 4.69) is 20.9 Å². The summed E-state index contributed by atoms with van der Waals surface area (Å²) in [5, 5.41) is 7.70. The second-order valence-corrected chi connectivity index (χ2v) is 10.2. The average molecular weight is 624 g/mol. The van der Waals surface area contributed by atoms with Crippen LogP contribution in [0, 0.1) is 12.7 Å². The minimum absolute atomic E-state index is 0.0336. The molecule has 0 spiro atoms. The molecule has 1 heterocycles. The largest absolute Gasteiger partial charge is 0.416 e. The topological polar surface area (TPSA) is 122 Å². The minimum atomic E-state index is -4.85. The lowest BCUT2D eigenvalue weighted by atomic mass is 9.97. The van der Waals surface area contributed by atoms with Crippen molar-refractivity contribution >= 4 is 23.4 Å². The molecule has 3 N–H and O–H groups in total. The van der Waals surface area contributed by atoms with E-state index in [4.69, 9.17) is 0 Å². The Balaban J connectivity index is 1.92. The Labute approximate surface area is 255 Å². The predicted molar refractivity (Wildman–Crippen MR) is 160 cm³/mol. The number of anilines is 1. The minimum Gasteiger partial charge on any atom is -0.355 e. The van der Waals surface area contributed by atoms with Crippen LogP contribution in [-0.4, -0.2) is 47.3 Å². The maximum Gasteiger partial charge on any atom is 0.416 e. The molecule has 0 aliphatic heterocycles. The summed E-state index contributed by atoms with van der Waals surface area (Å²) in [7, 11) is 2.99. The van der Waals surface area contributed by atoms with Gasteiger partial charge in [-0.1, -0.05) is 12.1 Å². The van der Waals surface area contributed by atoms with Gasteiger partial charge in [-0.3, -0.25) is 23.7 Å². The van der Waals surface area contributed by atoms with Crippen molar-refractivity contribution in [2.24, 2.45) is 0 Å². The lowest BCUT2D eigenvalue weighted by Gasteiger charge is -2.19. The number of benzene rings is 3. The normalized spacial score (nSPS) is 12.0. The van der Waals surface area contributed by atoms with Crippen LogP contribution in [-0.2, 0) is 17.5 Å². The number of hydrogen-bond acceptors (Lipinski definition) is 6. The van der Waals surface area contributed by atoms with Crippen molar-refractivity contribution in [3.8, 4) is 11.3 Å². The van der Waals surface area contributed by atoms with Crippen molar-refractivity contribution < 1.29 is 31.9 Å². The van der Waals surface area contributed by atoms with Crippen LogP contribution in [0.2, 0.25) is 0 Å². The summed E-state index contributed by atoms with van der Waals surface area (Å²) in [4.78, 5) is 56.2. The molecule has 4 aromatic rings. The molecular formula is C32H29F4N5O4. The third-order valence-corrected chi connectivity index (χ3v) is 7.23. The van der Waals surface area contributed by atoms with Gasteiger partial charge in [-0.2, -0.15) is 13.2 Å². The Bertz CT molecular complexity index is 1840. The molecule has 1 atom stereocenters. The zero-order valence-corrected chi connectivity index (χ0v) is 24.7. The Morgan fingerprint density at radius 1 is 0.978 bits per heavy atom. The Morgan fingerprint density at radius 3 is 2.29 bits per heavy atom. The molecule has 0 unspecified atom stereocenters. The van der Waals surface area contributed by atoms with Crippen LogP contribution in [0.4, 0.5) is 23.4 Å². The Kier molecular flexibility index (Phi) is 9.62. The molecule has 4 rings (SSSR count). The molecule has 0 aliphatic rings. The summed E-state index contributed by atoms with van der Waals surface area (Å²) < 4.78 is 56.6. The molecule has 0 saturated heterocycles. The van der Waals surface area contributed by atoms with Crippen molar-refractivity contribution in [2.75, 3.05) is 19.4 Å². The van der Waals surface area contributed by atoms with E-state index in [1.54, 1.807) is 39.1 Å². The molecule has 0 bridgehead atoms. The number of amides is 2. The molecule has 234 valence electrons. The monoisotopic (exact) mass is 623 g/mol. The SMILES string of the molecule is CNC(=O)c1cccc(-c2cnc(NC(=O)[C@H](C)NC)c(=O)n2Cc2cc(C(=O)c3ccc(F)cc3)cc(C(F)(F)F)c2)c1C. The standard InChI is InChI=1S/C32H29F4N5O4/c1-17-24(6-5-7-25(17)30(44)38-4)26-15-39-28(40-29(43)18(2)37-3)31(45)41(26)16-19-12-21(14-22(13-19)32(34,35)36)27(42)20-8-10-23(33)11-9-20/h5-15,18,37H,16H2,1-4H3,(H,38,44)(H,39,40,43)/t18-/m0/s1. The first-order valence-electron chi connectivity index (χ1n) is 13.7. The first-order valence-corrected chi connectivity index (χ1v) is 13.7. The number of carbonyl (C=O) groups is 3. The van der Waals surface area contributed by atoms with Gasteiger partial charge in [-0.15, -0.1) is 0 Å². The number of rotatable bonds is 9. The maximum atomic E-state index is 14.0. The fourth-order valence-electron chi connectivity index (χ4n) is 4.62. The van der Waals surface area contributed by atoms with Gasteiger partial charge >= 0.3 is 6.18 Å². The highest BCUT2D eigenvalue weighted by molar-refractivity contribution is 6.09. The first kappa shape index (κ1) is 32.7. The van der Waals surface area contributed by atoms with Crippen LogP contribution < -0.4 is 21.5 Å². The van der Waals surface area contributed by atoms with Gasteiger partial charge in [0.25, 0.3) is 11.5 Å². The molecule has 0 aliphatic carbocycles. The third-order valence-electron chi connectivity index (χ3n) is 7.23. The van der Waals surface area contributed by atoms with Crippen LogP contribution in [0.1, 0.15) is 49.9 Å². The third kappa shape index (κ3) is 7.15. The number of halogens is 4. The number of likely N-dealkylation sites (N-methyl/N-ethyl adjacent to an activating group) is 1. The molecule has 3 aromatic carbocycles. The number of carbonyl (C=O) groups excluding carboxylic acids is 3. The highest BCUT2D eigenvalue weighted by Gasteiger charge is 2.32. The fraction of sp³-hybridized carbons (Fsp3) is 0.219. The van der Waals surface area contributed by atoms with E-state index in [0.717, 1.165) is 34.9 Å². The highest BCUT2D eigenvalue weighted by atomic mass is 19.4. The van der Waals surface area contributed by atoms with Crippen molar-refractivity contribution in [3.05, 3.63) is 116 Å². The molecule has 9 nitrogen and oxygen atoms in total. The number of aromatic nitrogens is 2. The highest BCUT2D eigenvalue weighted by Crippen LogP contribution is 2.32. The maximum absolute atomic E-state index is 14.0. The summed E-state index contributed by atoms with van der Waals surface area (Å²) in [5.74, 6) is -2.76. The lowest BCUT2D eigenvalue weighted by Crippen LogP contribution is -2.38. The molecule has 45 heavy (non-hydrogen) atoms. The number of alkyl halides is 3. The van der Waals surface area contributed by atoms with Crippen LogP contribution in [0.25, 0.3) is 11.3 Å². The van der Waals surface area contributed by atoms with Crippen molar-refractivity contribution in [1.29, 1.82) is 0 Å². The van der Waals surface area contributed by atoms with E-state index in [9.17, 15) is 36.7 Å². The van der Waals surface area contributed by atoms with Gasteiger partial charge in [0.2, 0.25) is 5.91 Å². The van der Waals surface area contributed by atoms with E-state index in [1.165, 1.54) is 19.3 Å². The van der Waals surface area contributed by atoms with E-state index >= 15 is 0 Å². The molecule has 0 radical (unpaired) electrons. The summed E-state index contributed by atoms with van der Waals surface area (Å²) >= 11 is 0. The van der Waals surface area contributed by atoms with Crippen molar-refractivity contribution in [2.45, 2.75) is 32.6 Å². The molecule has 13 heteroatoms. The van der Waals surface area contributed by atoms with E-state index in [0.29, 0.717) is 22.8 Å². The summed E-state index contributed by atoms with van der Waals surface area (Å²) in [6.07, 6.45) is -3.57. The van der Waals surface area contributed by atoms with Crippen LogP contribution >= 0.6 is 0 Å². The second-order valence-electron chi connectivity index (χ2n) is 10.2. The summed E-state index contributed by atoms with van der Waals surface area (Å²) in [6.45, 7) is 2.72. The smallest absolute Gasteiger partial charge is 0.355 e. The van der Waals surface area contributed by atoms with Crippen LogP contribution in [0.15, 0.2) is 71.7 Å². The van der Waals surface area contributed by atoms with Crippen LogP contribution in [0.3, 0.4) is 0 Å². The van der Waals surface area contributed by atoms with E-state index in [1.807, 2.05) is 0 Å². The first-order chi connectivity index (χ1) is 21.2. The molecular weight excluding hydrogens is 594 g/mol. The van der Waals surface area contributed by atoms with Crippen LogP contribution in [0.5, 0.6) is 0 Å². The van der Waals surface area contributed by atoms with Gasteiger partial charge in [-0.25, -0.2) is 9.37 Å². The average Bonchev–Trinajstić information content (AvgIpc) is 3.02. The Hall–Kier alpha value is -5.17.